The Kier molecular flexibility index (Phi) is 4.81. The van der Waals surface area contributed by atoms with E-state index >= 15 is 0 Å². The average Bonchev–Trinajstić information content (AvgIpc) is 3.39. The molecule has 0 unspecified atom stereocenters. The first-order valence-corrected chi connectivity index (χ1v) is 9.55. The fourth-order valence-electron chi connectivity index (χ4n) is 3.42. The number of pyridine rings is 1. The molecule has 6 nitrogen and oxygen atoms in total. The van der Waals surface area contributed by atoms with Gasteiger partial charge in [0.25, 0.3) is 11.8 Å². The van der Waals surface area contributed by atoms with E-state index in [4.69, 9.17) is 4.74 Å². The summed E-state index contributed by atoms with van der Waals surface area (Å²) in [5, 5.41) is 4.47. The summed E-state index contributed by atoms with van der Waals surface area (Å²) < 4.78 is 47.0. The molecule has 4 rings (SSSR count). The van der Waals surface area contributed by atoms with Crippen molar-refractivity contribution < 1.29 is 27.5 Å². The van der Waals surface area contributed by atoms with E-state index in [0.717, 1.165) is 19.3 Å². The SMILES string of the molecule is O=C(NC(=O)[C@@H]1CC(F)(F)CN1)c1ccc(C2(F)CCC2)c(OCC2CC2)n1. The first-order chi connectivity index (χ1) is 13.3. The molecule has 0 aromatic carbocycles. The second-order valence-corrected chi connectivity index (χ2v) is 7.93. The number of hydrogen-bond donors (Lipinski definition) is 2. The van der Waals surface area contributed by atoms with E-state index in [1.807, 2.05) is 0 Å². The van der Waals surface area contributed by atoms with Gasteiger partial charge in [0.15, 0.2) is 0 Å². The van der Waals surface area contributed by atoms with Gasteiger partial charge in [-0.3, -0.25) is 20.2 Å². The lowest BCUT2D eigenvalue weighted by Crippen LogP contribution is -2.43. The lowest BCUT2D eigenvalue weighted by Gasteiger charge is -2.34. The lowest BCUT2D eigenvalue weighted by molar-refractivity contribution is -0.122. The maximum atomic E-state index is 14.9. The zero-order valence-corrected chi connectivity index (χ0v) is 15.3. The van der Waals surface area contributed by atoms with Crippen LogP contribution in [0.3, 0.4) is 0 Å². The third-order valence-electron chi connectivity index (χ3n) is 5.54. The highest BCUT2D eigenvalue weighted by atomic mass is 19.3. The number of amides is 2. The summed E-state index contributed by atoms with van der Waals surface area (Å²) in [6.07, 6.45) is 2.95. The topological polar surface area (TPSA) is 80.3 Å². The zero-order valence-electron chi connectivity index (χ0n) is 15.3. The molecule has 0 spiro atoms. The quantitative estimate of drug-likeness (QED) is 0.721. The fourth-order valence-corrected chi connectivity index (χ4v) is 3.42. The highest BCUT2D eigenvalue weighted by Gasteiger charge is 2.44. The molecule has 1 saturated heterocycles. The molecule has 2 heterocycles. The van der Waals surface area contributed by atoms with E-state index < -0.39 is 42.4 Å². The van der Waals surface area contributed by atoms with Crippen molar-refractivity contribution in [3.8, 4) is 5.88 Å². The second kappa shape index (κ2) is 7.02. The van der Waals surface area contributed by atoms with Crippen molar-refractivity contribution in [1.29, 1.82) is 0 Å². The van der Waals surface area contributed by atoms with Crippen molar-refractivity contribution in [3.63, 3.8) is 0 Å². The van der Waals surface area contributed by atoms with Crippen LogP contribution in [0.5, 0.6) is 5.88 Å². The third kappa shape index (κ3) is 3.99. The monoisotopic (exact) mass is 397 g/mol. The summed E-state index contributed by atoms with van der Waals surface area (Å²) in [5.74, 6) is -4.16. The molecule has 2 saturated carbocycles. The van der Waals surface area contributed by atoms with Crippen LogP contribution in [0.25, 0.3) is 0 Å². The number of halogens is 3. The maximum absolute atomic E-state index is 14.9. The van der Waals surface area contributed by atoms with E-state index in [-0.39, 0.29) is 11.6 Å². The average molecular weight is 397 g/mol. The van der Waals surface area contributed by atoms with Crippen molar-refractivity contribution in [1.82, 2.24) is 15.6 Å². The van der Waals surface area contributed by atoms with Gasteiger partial charge in [-0.05, 0) is 50.2 Å². The summed E-state index contributed by atoms with van der Waals surface area (Å²) in [4.78, 5) is 28.6. The summed E-state index contributed by atoms with van der Waals surface area (Å²) >= 11 is 0. The van der Waals surface area contributed by atoms with Crippen molar-refractivity contribution in [3.05, 3.63) is 23.4 Å². The minimum atomic E-state index is -2.98. The molecule has 28 heavy (non-hydrogen) atoms. The van der Waals surface area contributed by atoms with Crippen LogP contribution in [0.4, 0.5) is 13.2 Å². The Labute approximate surface area is 160 Å². The molecule has 3 fully saturated rings. The van der Waals surface area contributed by atoms with Gasteiger partial charge in [0, 0.05) is 6.42 Å². The number of alkyl halides is 3. The maximum Gasteiger partial charge on any atom is 0.276 e. The smallest absolute Gasteiger partial charge is 0.276 e. The normalized spacial score (nSPS) is 25.0. The van der Waals surface area contributed by atoms with Crippen LogP contribution in [-0.4, -0.2) is 41.9 Å². The molecule has 1 aromatic rings. The number of ether oxygens (including phenoxy) is 1. The van der Waals surface area contributed by atoms with E-state index in [1.165, 1.54) is 12.1 Å². The minimum absolute atomic E-state index is 0.0692. The van der Waals surface area contributed by atoms with Gasteiger partial charge in [0.1, 0.15) is 11.4 Å². The van der Waals surface area contributed by atoms with Crippen molar-refractivity contribution in [2.45, 2.75) is 56.2 Å². The van der Waals surface area contributed by atoms with Gasteiger partial charge in [0.05, 0.1) is 24.8 Å². The van der Waals surface area contributed by atoms with E-state index in [9.17, 15) is 22.8 Å². The van der Waals surface area contributed by atoms with Crippen LogP contribution in [0.15, 0.2) is 12.1 Å². The summed E-state index contributed by atoms with van der Waals surface area (Å²) in [6, 6.07) is 1.65. The van der Waals surface area contributed by atoms with Crippen LogP contribution >= 0.6 is 0 Å². The number of rotatable bonds is 6. The van der Waals surface area contributed by atoms with E-state index in [1.54, 1.807) is 0 Å². The van der Waals surface area contributed by atoms with Gasteiger partial charge in [0.2, 0.25) is 11.8 Å². The Morgan fingerprint density at radius 3 is 2.57 bits per heavy atom. The van der Waals surface area contributed by atoms with Gasteiger partial charge in [-0.2, -0.15) is 0 Å². The number of carbonyl (C=O) groups excluding carboxylic acids is 2. The van der Waals surface area contributed by atoms with Crippen LogP contribution in [0.1, 0.15) is 54.6 Å². The van der Waals surface area contributed by atoms with Gasteiger partial charge in [-0.1, -0.05) is 0 Å². The molecule has 152 valence electrons. The molecule has 9 heteroatoms. The number of nitrogens with one attached hydrogen (secondary N) is 2. The standard InChI is InChI=1S/C19H22F3N3O3/c20-18(6-1-7-18)12-4-5-13(24-17(12)28-9-11-2-3-11)15(26)25-16(27)14-8-19(21,22)10-23-14/h4-5,11,14,23H,1-3,6-10H2,(H,25,26,27)/t14-/m0/s1. The Morgan fingerprint density at radius 1 is 1.25 bits per heavy atom. The largest absolute Gasteiger partial charge is 0.477 e. The minimum Gasteiger partial charge on any atom is -0.477 e. The predicted octanol–water partition coefficient (Wildman–Crippen LogP) is 2.47. The van der Waals surface area contributed by atoms with E-state index in [0.29, 0.717) is 30.9 Å². The molecule has 0 radical (unpaired) electrons. The number of nitrogens with zero attached hydrogens (tertiary/aromatic N) is 1. The molecule has 1 atom stereocenters. The number of hydrogen-bond acceptors (Lipinski definition) is 5. The van der Waals surface area contributed by atoms with Gasteiger partial charge in [-0.25, -0.2) is 18.2 Å². The molecule has 2 amide bonds. The highest BCUT2D eigenvalue weighted by Crippen LogP contribution is 2.48. The molecule has 3 aliphatic rings. The molecule has 0 bridgehead atoms. The molecular weight excluding hydrogens is 375 g/mol. The van der Waals surface area contributed by atoms with Crippen molar-refractivity contribution >= 4 is 11.8 Å². The lowest BCUT2D eigenvalue weighted by atomic mass is 9.77. The van der Waals surface area contributed by atoms with Crippen molar-refractivity contribution in [2.75, 3.05) is 13.2 Å². The Balaban J connectivity index is 1.47. The zero-order chi connectivity index (χ0) is 19.9. The molecule has 2 N–H and O–H groups in total. The summed E-state index contributed by atoms with van der Waals surface area (Å²) in [6.45, 7) is -0.203. The Morgan fingerprint density at radius 2 is 2.00 bits per heavy atom. The highest BCUT2D eigenvalue weighted by molar-refractivity contribution is 6.05. The predicted molar refractivity (Wildman–Crippen MR) is 92.9 cm³/mol. The van der Waals surface area contributed by atoms with Gasteiger partial charge < -0.3 is 4.74 Å². The fraction of sp³-hybridized carbons (Fsp3) is 0.632. The van der Waals surface area contributed by atoms with Crippen molar-refractivity contribution in [2.24, 2.45) is 5.92 Å². The van der Waals surface area contributed by atoms with Crippen LogP contribution in [0.2, 0.25) is 0 Å². The molecule has 1 aromatic heterocycles. The Hall–Kier alpha value is -2.16. The molecule has 1 aliphatic heterocycles. The van der Waals surface area contributed by atoms with Crippen LogP contribution < -0.4 is 15.4 Å². The second-order valence-electron chi connectivity index (χ2n) is 7.93. The molecule has 2 aliphatic carbocycles. The Bertz CT molecular complexity index is 794. The number of imide groups is 1. The van der Waals surface area contributed by atoms with E-state index in [2.05, 4.69) is 15.6 Å². The number of aromatic nitrogens is 1. The third-order valence-corrected chi connectivity index (χ3v) is 5.54. The summed E-state index contributed by atoms with van der Waals surface area (Å²) in [5.41, 5.74) is -1.30. The first-order valence-electron chi connectivity index (χ1n) is 9.55. The van der Waals surface area contributed by atoms with Gasteiger partial charge >= 0.3 is 0 Å². The molecular formula is C19H22F3N3O3. The van der Waals surface area contributed by atoms with Gasteiger partial charge in [-0.15, -0.1) is 0 Å². The first kappa shape index (κ1) is 19.2. The summed E-state index contributed by atoms with van der Waals surface area (Å²) in [7, 11) is 0. The van der Waals surface area contributed by atoms with Crippen LogP contribution in [-0.2, 0) is 10.5 Å². The number of carbonyl (C=O) groups is 2. The van der Waals surface area contributed by atoms with Crippen LogP contribution in [0, 0.1) is 5.92 Å².